The molecule has 1 aliphatic heterocycles. The van der Waals surface area contributed by atoms with Crippen LogP contribution in [0.25, 0.3) is 0 Å². The van der Waals surface area contributed by atoms with Crippen LogP contribution in [0.2, 0.25) is 0 Å². The number of amides is 1. The molecule has 0 unspecified atom stereocenters. The highest BCUT2D eigenvalue weighted by atomic mass is 16.2. The van der Waals surface area contributed by atoms with E-state index < -0.39 is 0 Å². The smallest absolute Gasteiger partial charge is 0.291 e. The fourth-order valence-corrected chi connectivity index (χ4v) is 3.58. The molecule has 6 heteroatoms. The van der Waals surface area contributed by atoms with Gasteiger partial charge in [0.15, 0.2) is 0 Å². The summed E-state index contributed by atoms with van der Waals surface area (Å²) in [5.41, 5.74) is 4.22. The Morgan fingerprint density at radius 3 is 2.39 bits per heavy atom. The molecule has 1 aromatic carbocycles. The Hall–Kier alpha value is -2.47. The van der Waals surface area contributed by atoms with E-state index >= 15 is 0 Å². The lowest BCUT2D eigenvalue weighted by atomic mass is 10.1. The van der Waals surface area contributed by atoms with Gasteiger partial charge in [0.1, 0.15) is 5.82 Å². The molecule has 1 fully saturated rings. The van der Waals surface area contributed by atoms with E-state index in [1.54, 1.807) is 11.9 Å². The molecule has 0 bridgehead atoms. The summed E-state index contributed by atoms with van der Waals surface area (Å²) in [6, 6.07) is 8.74. The van der Waals surface area contributed by atoms with Crippen LogP contribution in [0.15, 0.2) is 24.3 Å². The number of carbonyl (C=O) groups is 1. The Morgan fingerprint density at radius 2 is 1.79 bits per heavy atom. The van der Waals surface area contributed by atoms with Gasteiger partial charge >= 0.3 is 0 Å². The first-order valence-electron chi connectivity index (χ1n) is 9.84. The number of anilines is 1. The zero-order chi connectivity index (χ0) is 20.4. The zero-order valence-electron chi connectivity index (χ0n) is 17.9. The van der Waals surface area contributed by atoms with Gasteiger partial charge < -0.3 is 14.7 Å². The van der Waals surface area contributed by atoms with Gasteiger partial charge in [-0.05, 0) is 46.9 Å². The third-order valence-corrected chi connectivity index (χ3v) is 5.64. The second-order valence-corrected chi connectivity index (χ2v) is 8.08. The summed E-state index contributed by atoms with van der Waals surface area (Å²) in [6.07, 6.45) is 1.10. The summed E-state index contributed by atoms with van der Waals surface area (Å²) in [7, 11) is 6.03. The molecular weight excluding hydrogens is 350 g/mol. The maximum Gasteiger partial charge on any atom is 0.291 e. The monoisotopic (exact) mass is 381 g/mol. The normalized spacial score (nSPS) is 16.7. The van der Waals surface area contributed by atoms with Gasteiger partial charge in [-0.2, -0.15) is 0 Å². The van der Waals surface area contributed by atoms with Crippen LogP contribution in [0.5, 0.6) is 0 Å². The minimum atomic E-state index is -0.145. The molecular formula is C22H31N5O. The van der Waals surface area contributed by atoms with E-state index in [9.17, 15) is 4.79 Å². The Labute approximate surface area is 168 Å². The van der Waals surface area contributed by atoms with E-state index in [1.807, 2.05) is 13.8 Å². The molecule has 3 rings (SSSR count). The molecule has 2 heterocycles. The van der Waals surface area contributed by atoms with Gasteiger partial charge in [-0.15, -0.1) is 0 Å². The first-order chi connectivity index (χ1) is 13.3. The molecule has 2 aromatic rings. The average Bonchev–Trinajstić information content (AvgIpc) is 3.15. The predicted octanol–water partition coefficient (Wildman–Crippen LogP) is 2.81. The van der Waals surface area contributed by atoms with Crippen LogP contribution in [0.1, 0.15) is 39.4 Å². The van der Waals surface area contributed by atoms with Gasteiger partial charge in [-0.3, -0.25) is 4.79 Å². The largest absolute Gasteiger partial charge is 0.355 e. The number of rotatable bonds is 5. The number of nitrogens with zero attached hydrogens (tertiary/aromatic N) is 5. The molecule has 1 atom stereocenters. The Balaban J connectivity index is 1.80. The Morgan fingerprint density at radius 1 is 1.11 bits per heavy atom. The summed E-state index contributed by atoms with van der Waals surface area (Å²) in [5.74, 6) is 1.03. The van der Waals surface area contributed by atoms with E-state index in [4.69, 9.17) is 4.98 Å². The van der Waals surface area contributed by atoms with E-state index in [1.165, 1.54) is 5.56 Å². The Kier molecular flexibility index (Phi) is 5.98. The molecule has 1 amide bonds. The first kappa shape index (κ1) is 20.3. The number of aromatic nitrogens is 2. The number of likely N-dealkylation sites (N-methyl/N-ethyl adjacent to an activating group) is 1. The van der Waals surface area contributed by atoms with Crippen LogP contribution in [0, 0.1) is 20.8 Å². The van der Waals surface area contributed by atoms with Crippen LogP contribution in [-0.2, 0) is 6.54 Å². The molecule has 1 saturated heterocycles. The molecule has 150 valence electrons. The van der Waals surface area contributed by atoms with Crippen molar-refractivity contribution in [1.82, 2.24) is 19.8 Å². The van der Waals surface area contributed by atoms with Gasteiger partial charge in [-0.1, -0.05) is 29.8 Å². The SMILES string of the molecule is Cc1ccc(CN(C)C(=O)c2nc(C)c(C)c(N3CC[C@@H](N(C)C)C3)n2)cc1. The molecule has 28 heavy (non-hydrogen) atoms. The zero-order valence-corrected chi connectivity index (χ0v) is 17.9. The van der Waals surface area contributed by atoms with Crippen LogP contribution in [-0.4, -0.2) is 65.9 Å². The predicted molar refractivity (Wildman–Crippen MR) is 113 cm³/mol. The van der Waals surface area contributed by atoms with E-state index in [0.29, 0.717) is 12.6 Å². The van der Waals surface area contributed by atoms with Crippen molar-refractivity contribution in [1.29, 1.82) is 0 Å². The summed E-state index contributed by atoms with van der Waals surface area (Å²) in [4.78, 5) is 28.4. The van der Waals surface area contributed by atoms with Crippen LogP contribution < -0.4 is 4.90 Å². The second-order valence-electron chi connectivity index (χ2n) is 8.08. The van der Waals surface area contributed by atoms with Crippen molar-refractivity contribution in [3.8, 4) is 0 Å². The molecule has 0 saturated carbocycles. The van der Waals surface area contributed by atoms with E-state index in [0.717, 1.165) is 42.1 Å². The molecule has 0 N–H and O–H groups in total. The number of hydrogen-bond donors (Lipinski definition) is 0. The minimum absolute atomic E-state index is 0.145. The number of aryl methyl sites for hydroxylation is 2. The molecule has 0 radical (unpaired) electrons. The third kappa shape index (κ3) is 4.33. The summed E-state index contributed by atoms with van der Waals surface area (Å²) < 4.78 is 0. The quantitative estimate of drug-likeness (QED) is 0.797. The number of carbonyl (C=O) groups excluding carboxylic acids is 1. The van der Waals surface area contributed by atoms with Crippen molar-refractivity contribution >= 4 is 11.7 Å². The summed E-state index contributed by atoms with van der Waals surface area (Å²) in [6.45, 7) is 8.47. The molecule has 6 nitrogen and oxygen atoms in total. The lowest BCUT2D eigenvalue weighted by Crippen LogP contribution is -2.33. The molecule has 0 aliphatic carbocycles. The van der Waals surface area contributed by atoms with Crippen LogP contribution >= 0.6 is 0 Å². The maximum absolute atomic E-state index is 13.0. The van der Waals surface area contributed by atoms with Crippen molar-refractivity contribution in [2.75, 3.05) is 39.1 Å². The van der Waals surface area contributed by atoms with Crippen LogP contribution in [0.3, 0.4) is 0 Å². The number of hydrogen-bond acceptors (Lipinski definition) is 5. The summed E-state index contributed by atoms with van der Waals surface area (Å²) >= 11 is 0. The van der Waals surface area contributed by atoms with Crippen LogP contribution in [0.4, 0.5) is 5.82 Å². The fourth-order valence-electron chi connectivity index (χ4n) is 3.58. The van der Waals surface area contributed by atoms with Crippen molar-refractivity contribution in [2.24, 2.45) is 0 Å². The summed E-state index contributed by atoms with van der Waals surface area (Å²) in [5, 5.41) is 0. The molecule has 1 aromatic heterocycles. The standard InChI is InChI=1S/C22H31N5O/c1-15-7-9-18(10-8-15)13-26(6)22(28)20-23-17(3)16(2)21(24-20)27-12-11-19(14-27)25(4)5/h7-10,19H,11-14H2,1-6H3/t19-/m1/s1. The highest BCUT2D eigenvalue weighted by Crippen LogP contribution is 2.25. The van der Waals surface area contributed by atoms with Gasteiger partial charge in [0, 0.05) is 44.0 Å². The first-order valence-corrected chi connectivity index (χ1v) is 9.84. The lowest BCUT2D eigenvalue weighted by molar-refractivity contribution is 0.0772. The van der Waals surface area contributed by atoms with E-state index in [2.05, 4.69) is 60.1 Å². The highest BCUT2D eigenvalue weighted by Gasteiger charge is 2.28. The van der Waals surface area contributed by atoms with Crippen molar-refractivity contribution < 1.29 is 4.79 Å². The topological polar surface area (TPSA) is 52.6 Å². The van der Waals surface area contributed by atoms with Crippen molar-refractivity contribution in [3.63, 3.8) is 0 Å². The van der Waals surface area contributed by atoms with Gasteiger partial charge in [0.05, 0.1) is 0 Å². The molecule has 1 aliphatic rings. The van der Waals surface area contributed by atoms with E-state index in [-0.39, 0.29) is 11.7 Å². The van der Waals surface area contributed by atoms with Gasteiger partial charge in [0.25, 0.3) is 5.91 Å². The van der Waals surface area contributed by atoms with Crippen molar-refractivity contribution in [2.45, 2.75) is 39.8 Å². The number of benzene rings is 1. The van der Waals surface area contributed by atoms with Crippen molar-refractivity contribution in [3.05, 3.63) is 52.5 Å². The van der Waals surface area contributed by atoms with Gasteiger partial charge in [-0.25, -0.2) is 9.97 Å². The second kappa shape index (κ2) is 8.27. The Bertz CT molecular complexity index is 847. The minimum Gasteiger partial charge on any atom is -0.355 e. The average molecular weight is 382 g/mol. The highest BCUT2D eigenvalue weighted by molar-refractivity contribution is 5.90. The van der Waals surface area contributed by atoms with Gasteiger partial charge in [0.2, 0.25) is 5.82 Å². The lowest BCUT2D eigenvalue weighted by Gasteiger charge is -2.24. The third-order valence-electron chi connectivity index (χ3n) is 5.64. The maximum atomic E-state index is 13.0. The molecule has 0 spiro atoms. The fraction of sp³-hybridized carbons (Fsp3) is 0.500.